The minimum atomic E-state index is -0.203. The molecule has 1 aromatic heterocycles. The van der Waals surface area contributed by atoms with Crippen LogP contribution in [0.25, 0.3) is 0 Å². The molecule has 1 fully saturated rings. The van der Waals surface area contributed by atoms with Crippen LogP contribution in [0.1, 0.15) is 19.5 Å². The third-order valence-corrected chi connectivity index (χ3v) is 3.77. The van der Waals surface area contributed by atoms with E-state index in [1.807, 2.05) is 13.0 Å². The number of amides is 1. The zero-order valence-electron chi connectivity index (χ0n) is 12.6. The number of likely N-dealkylation sites (N-methyl/N-ethyl adjacent to an activating group) is 1. The van der Waals surface area contributed by atoms with Crippen molar-refractivity contribution in [1.29, 1.82) is 0 Å². The van der Waals surface area contributed by atoms with Crippen LogP contribution in [0.15, 0.2) is 12.4 Å². The predicted octanol–water partition coefficient (Wildman–Crippen LogP) is 0.430. The lowest BCUT2D eigenvalue weighted by Crippen LogP contribution is -2.60. The van der Waals surface area contributed by atoms with Gasteiger partial charge in [0.2, 0.25) is 5.91 Å². The van der Waals surface area contributed by atoms with Crippen molar-refractivity contribution in [2.45, 2.75) is 32.9 Å². The highest BCUT2D eigenvalue weighted by Gasteiger charge is 2.33. The van der Waals surface area contributed by atoms with Gasteiger partial charge in [0.05, 0.1) is 0 Å². The third-order valence-electron chi connectivity index (χ3n) is 3.77. The van der Waals surface area contributed by atoms with Crippen LogP contribution in [-0.2, 0) is 4.79 Å². The predicted molar refractivity (Wildman–Crippen MR) is 78.7 cm³/mol. The number of anilines is 1. The molecule has 0 radical (unpaired) electrons. The van der Waals surface area contributed by atoms with E-state index in [-0.39, 0.29) is 11.9 Å². The maximum Gasteiger partial charge on any atom is 0.243 e. The van der Waals surface area contributed by atoms with Crippen LogP contribution in [0.4, 0.5) is 5.82 Å². The molecule has 110 valence electrons. The Morgan fingerprint density at radius 3 is 2.75 bits per heavy atom. The molecule has 0 bridgehead atoms. The normalized spacial score (nSPS) is 20.2. The summed E-state index contributed by atoms with van der Waals surface area (Å²) < 4.78 is 0. The number of aryl methyl sites for hydroxylation is 1. The Morgan fingerprint density at radius 1 is 1.40 bits per heavy atom. The van der Waals surface area contributed by atoms with Crippen molar-refractivity contribution in [2.75, 3.05) is 31.6 Å². The quantitative estimate of drug-likeness (QED) is 0.868. The first-order chi connectivity index (χ1) is 9.52. The van der Waals surface area contributed by atoms with E-state index in [2.05, 4.69) is 38.9 Å². The summed E-state index contributed by atoms with van der Waals surface area (Å²) in [6.45, 7) is 8.71. The molecule has 0 aromatic carbocycles. The number of rotatable bonds is 3. The van der Waals surface area contributed by atoms with E-state index < -0.39 is 0 Å². The molecule has 0 saturated carbocycles. The molecule has 2 heterocycles. The zero-order valence-corrected chi connectivity index (χ0v) is 12.6. The van der Waals surface area contributed by atoms with Crippen molar-refractivity contribution in [1.82, 2.24) is 20.2 Å². The number of nitrogens with zero attached hydrogens (tertiary/aromatic N) is 4. The molecule has 1 atom stereocenters. The highest BCUT2D eigenvalue weighted by Crippen LogP contribution is 2.20. The van der Waals surface area contributed by atoms with Gasteiger partial charge >= 0.3 is 0 Å². The second-order valence-electron chi connectivity index (χ2n) is 5.43. The fraction of sp³-hybridized carbons (Fsp3) is 0.643. The topological polar surface area (TPSA) is 61.4 Å². The van der Waals surface area contributed by atoms with Gasteiger partial charge in [-0.05, 0) is 20.8 Å². The number of nitrogens with one attached hydrogen (secondary N) is 1. The van der Waals surface area contributed by atoms with Crippen molar-refractivity contribution in [3.05, 3.63) is 18.1 Å². The van der Waals surface area contributed by atoms with Crippen molar-refractivity contribution >= 4 is 11.7 Å². The van der Waals surface area contributed by atoms with Gasteiger partial charge in [-0.15, -0.1) is 0 Å². The summed E-state index contributed by atoms with van der Waals surface area (Å²) in [5.74, 6) is 0.862. The molecule has 1 aliphatic rings. The van der Waals surface area contributed by atoms with Crippen molar-refractivity contribution in [3.8, 4) is 0 Å². The molecule has 20 heavy (non-hydrogen) atoms. The van der Waals surface area contributed by atoms with Gasteiger partial charge in [0, 0.05) is 44.5 Å². The molecule has 1 aromatic rings. The first kappa shape index (κ1) is 14.7. The Labute approximate surface area is 120 Å². The SMILES string of the molecule is CNC(=O)[C@@H]1CN(C(C)C)CCN1c1cc(C)ncn1. The van der Waals surface area contributed by atoms with Crippen LogP contribution in [0.2, 0.25) is 0 Å². The van der Waals surface area contributed by atoms with Crippen LogP contribution in [0, 0.1) is 6.92 Å². The van der Waals surface area contributed by atoms with Crippen LogP contribution < -0.4 is 10.2 Å². The van der Waals surface area contributed by atoms with E-state index >= 15 is 0 Å². The summed E-state index contributed by atoms with van der Waals surface area (Å²) >= 11 is 0. The average Bonchev–Trinajstić information content (AvgIpc) is 2.45. The number of piperazine rings is 1. The van der Waals surface area contributed by atoms with Crippen LogP contribution in [0.3, 0.4) is 0 Å². The van der Waals surface area contributed by atoms with Gasteiger partial charge in [0.15, 0.2) is 0 Å². The lowest BCUT2D eigenvalue weighted by atomic mass is 10.1. The van der Waals surface area contributed by atoms with Crippen molar-refractivity contribution in [2.24, 2.45) is 0 Å². The van der Waals surface area contributed by atoms with Crippen molar-refractivity contribution in [3.63, 3.8) is 0 Å². The Kier molecular flexibility index (Phi) is 4.54. The van der Waals surface area contributed by atoms with E-state index in [9.17, 15) is 4.79 Å². The molecule has 0 aliphatic carbocycles. The Hall–Kier alpha value is -1.69. The Morgan fingerprint density at radius 2 is 2.15 bits per heavy atom. The maximum absolute atomic E-state index is 12.2. The van der Waals surface area contributed by atoms with E-state index in [0.717, 1.165) is 31.1 Å². The monoisotopic (exact) mass is 277 g/mol. The van der Waals surface area contributed by atoms with Gasteiger partial charge in [0.1, 0.15) is 18.2 Å². The van der Waals surface area contributed by atoms with Gasteiger partial charge in [-0.25, -0.2) is 9.97 Å². The number of carbonyl (C=O) groups is 1. The first-order valence-corrected chi connectivity index (χ1v) is 7.04. The number of carbonyl (C=O) groups excluding carboxylic acids is 1. The summed E-state index contributed by atoms with van der Waals surface area (Å²) in [5.41, 5.74) is 0.914. The molecule has 0 spiro atoms. The minimum absolute atomic E-state index is 0.0339. The summed E-state index contributed by atoms with van der Waals surface area (Å²) in [6, 6.07) is 2.17. The van der Waals surface area contributed by atoms with Crippen LogP contribution in [0.5, 0.6) is 0 Å². The van der Waals surface area contributed by atoms with E-state index in [4.69, 9.17) is 0 Å². The van der Waals surface area contributed by atoms with E-state index in [1.54, 1.807) is 13.4 Å². The first-order valence-electron chi connectivity index (χ1n) is 7.04. The molecule has 1 N–H and O–H groups in total. The summed E-state index contributed by atoms with van der Waals surface area (Å²) in [6.07, 6.45) is 1.56. The fourth-order valence-corrected chi connectivity index (χ4v) is 2.54. The van der Waals surface area contributed by atoms with Gasteiger partial charge in [-0.1, -0.05) is 0 Å². The summed E-state index contributed by atoms with van der Waals surface area (Å²) in [5, 5.41) is 2.76. The fourth-order valence-electron chi connectivity index (χ4n) is 2.54. The lowest BCUT2D eigenvalue weighted by molar-refractivity contribution is -0.123. The molecular formula is C14H23N5O. The second-order valence-corrected chi connectivity index (χ2v) is 5.43. The van der Waals surface area contributed by atoms with Crippen LogP contribution >= 0.6 is 0 Å². The standard InChI is InChI=1S/C14H23N5O/c1-10(2)18-5-6-19(12(8-18)14(20)15-4)13-7-11(3)16-9-17-13/h7,9-10,12H,5-6,8H2,1-4H3,(H,15,20)/t12-/m0/s1. The molecule has 6 heteroatoms. The average molecular weight is 277 g/mol. The van der Waals surface area contributed by atoms with E-state index in [1.165, 1.54) is 0 Å². The van der Waals surface area contributed by atoms with Gasteiger partial charge in [0.25, 0.3) is 0 Å². The zero-order chi connectivity index (χ0) is 14.7. The Bertz CT molecular complexity index is 476. The number of aromatic nitrogens is 2. The van der Waals surface area contributed by atoms with Gasteiger partial charge in [-0.3, -0.25) is 9.69 Å². The summed E-state index contributed by atoms with van der Waals surface area (Å²) in [7, 11) is 1.68. The molecule has 2 rings (SSSR count). The van der Waals surface area contributed by atoms with Crippen molar-refractivity contribution < 1.29 is 4.79 Å². The lowest BCUT2D eigenvalue weighted by Gasteiger charge is -2.42. The smallest absolute Gasteiger partial charge is 0.243 e. The molecular weight excluding hydrogens is 254 g/mol. The highest BCUT2D eigenvalue weighted by molar-refractivity contribution is 5.85. The van der Waals surface area contributed by atoms with Gasteiger partial charge in [-0.2, -0.15) is 0 Å². The largest absolute Gasteiger partial charge is 0.357 e. The third kappa shape index (κ3) is 3.07. The summed E-state index contributed by atoms with van der Waals surface area (Å²) in [4.78, 5) is 25.0. The number of hydrogen-bond acceptors (Lipinski definition) is 5. The van der Waals surface area contributed by atoms with E-state index in [0.29, 0.717) is 6.04 Å². The molecule has 1 amide bonds. The Balaban J connectivity index is 2.24. The second kappa shape index (κ2) is 6.17. The highest BCUT2D eigenvalue weighted by atomic mass is 16.2. The van der Waals surface area contributed by atoms with Gasteiger partial charge < -0.3 is 10.2 Å². The molecule has 0 unspecified atom stereocenters. The maximum atomic E-state index is 12.2. The molecule has 1 aliphatic heterocycles. The molecule has 6 nitrogen and oxygen atoms in total. The van der Waals surface area contributed by atoms with Crippen LogP contribution in [-0.4, -0.2) is 59.5 Å². The molecule has 1 saturated heterocycles. The minimum Gasteiger partial charge on any atom is -0.357 e. The number of hydrogen-bond donors (Lipinski definition) is 1.